The zero-order chi connectivity index (χ0) is 13.7. The Kier molecular flexibility index (Phi) is 12.7. The molecule has 0 spiro atoms. The van der Waals surface area contributed by atoms with Gasteiger partial charge in [-0.25, -0.2) is 0 Å². The standard InChI is InChI=1S/C13H29ClO3Si/c1-18(2,3)17-13-12-16-11-10-15-9-7-5-4-6-8-14/h4-13H2,1-3H3. The molecule has 0 bridgehead atoms. The maximum absolute atomic E-state index is 5.67. The molecule has 0 saturated carbocycles. The van der Waals surface area contributed by atoms with E-state index < -0.39 is 8.32 Å². The quantitative estimate of drug-likeness (QED) is 0.295. The van der Waals surface area contributed by atoms with Gasteiger partial charge in [-0.05, 0) is 32.5 Å². The first-order chi connectivity index (χ1) is 8.56. The highest BCUT2D eigenvalue weighted by molar-refractivity contribution is 6.69. The van der Waals surface area contributed by atoms with Crippen molar-refractivity contribution < 1.29 is 13.9 Å². The summed E-state index contributed by atoms with van der Waals surface area (Å²) in [7, 11) is -1.38. The zero-order valence-corrected chi connectivity index (χ0v) is 13.9. The van der Waals surface area contributed by atoms with Gasteiger partial charge < -0.3 is 13.9 Å². The second kappa shape index (κ2) is 12.4. The highest BCUT2D eigenvalue weighted by Crippen LogP contribution is 2.02. The average molecular weight is 297 g/mol. The predicted molar refractivity (Wildman–Crippen MR) is 80.1 cm³/mol. The summed E-state index contributed by atoms with van der Waals surface area (Å²) in [4.78, 5) is 0. The molecule has 0 aromatic heterocycles. The summed E-state index contributed by atoms with van der Waals surface area (Å²) in [5.41, 5.74) is 0. The minimum atomic E-state index is -1.38. The molecule has 0 unspecified atom stereocenters. The van der Waals surface area contributed by atoms with Crippen LogP contribution in [0.3, 0.4) is 0 Å². The molecular formula is C13H29ClO3Si. The normalized spacial score (nSPS) is 12.0. The van der Waals surface area contributed by atoms with E-state index in [0.29, 0.717) is 26.4 Å². The van der Waals surface area contributed by atoms with Crippen LogP contribution in [0.5, 0.6) is 0 Å². The molecule has 0 rings (SSSR count). The fourth-order valence-electron chi connectivity index (χ4n) is 1.38. The first-order valence-electron chi connectivity index (χ1n) is 6.91. The Morgan fingerprint density at radius 1 is 0.722 bits per heavy atom. The number of ether oxygens (including phenoxy) is 2. The van der Waals surface area contributed by atoms with E-state index in [0.717, 1.165) is 25.3 Å². The van der Waals surface area contributed by atoms with Crippen molar-refractivity contribution in [3.63, 3.8) is 0 Å². The van der Waals surface area contributed by atoms with Crippen molar-refractivity contribution in [3.8, 4) is 0 Å². The van der Waals surface area contributed by atoms with Gasteiger partial charge in [-0.3, -0.25) is 0 Å². The molecule has 0 radical (unpaired) electrons. The third-order valence-corrected chi connectivity index (χ3v) is 3.64. The number of hydrogen-bond donors (Lipinski definition) is 0. The topological polar surface area (TPSA) is 27.7 Å². The molecule has 5 heteroatoms. The van der Waals surface area contributed by atoms with Gasteiger partial charge in [0.1, 0.15) is 0 Å². The van der Waals surface area contributed by atoms with Crippen molar-refractivity contribution in [2.75, 3.05) is 38.9 Å². The second-order valence-electron chi connectivity index (χ2n) is 5.29. The Morgan fingerprint density at radius 2 is 1.28 bits per heavy atom. The number of hydrogen-bond acceptors (Lipinski definition) is 3. The average Bonchev–Trinajstić information content (AvgIpc) is 2.29. The third-order valence-electron chi connectivity index (χ3n) is 2.31. The molecular weight excluding hydrogens is 268 g/mol. The number of rotatable bonds is 13. The molecule has 110 valence electrons. The van der Waals surface area contributed by atoms with Gasteiger partial charge in [0.25, 0.3) is 0 Å². The van der Waals surface area contributed by atoms with Crippen LogP contribution in [0.4, 0.5) is 0 Å². The number of unbranched alkanes of at least 4 members (excludes halogenated alkanes) is 3. The molecule has 0 aliphatic rings. The second-order valence-corrected chi connectivity index (χ2v) is 10.2. The highest BCUT2D eigenvalue weighted by Gasteiger charge is 2.12. The highest BCUT2D eigenvalue weighted by atomic mass is 35.5. The van der Waals surface area contributed by atoms with Crippen molar-refractivity contribution in [2.45, 2.75) is 45.3 Å². The van der Waals surface area contributed by atoms with E-state index in [9.17, 15) is 0 Å². The lowest BCUT2D eigenvalue weighted by molar-refractivity contribution is 0.0344. The molecule has 0 atom stereocenters. The Morgan fingerprint density at radius 3 is 1.89 bits per heavy atom. The Hall–Kier alpha value is 0.387. The van der Waals surface area contributed by atoms with Crippen molar-refractivity contribution in [3.05, 3.63) is 0 Å². The Labute approximate surface area is 118 Å². The maximum atomic E-state index is 5.67. The van der Waals surface area contributed by atoms with Crippen LogP contribution in [0.1, 0.15) is 25.7 Å². The van der Waals surface area contributed by atoms with Crippen LogP contribution in [0.2, 0.25) is 19.6 Å². The van der Waals surface area contributed by atoms with E-state index in [4.69, 9.17) is 25.5 Å². The van der Waals surface area contributed by atoms with E-state index in [-0.39, 0.29) is 0 Å². The smallest absolute Gasteiger partial charge is 0.183 e. The monoisotopic (exact) mass is 296 g/mol. The van der Waals surface area contributed by atoms with E-state index in [2.05, 4.69) is 19.6 Å². The summed E-state index contributed by atoms with van der Waals surface area (Å²) >= 11 is 5.60. The number of alkyl halides is 1. The fourth-order valence-corrected chi connectivity index (χ4v) is 2.27. The van der Waals surface area contributed by atoms with Crippen LogP contribution in [0.25, 0.3) is 0 Å². The molecule has 0 aromatic carbocycles. The molecule has 3 nitrogen and oxygen atoms in total. The van der Waals surface area contributed by atoms with Crippen molar-refractivity contribution in [2.24, 2.45) is 0 Å². The van der Waals surface area contributed by atoms with Crippen molar-refractivity contribution >= 4 is 19.9 Å². The predicted octanol–water partition coefficient (Wildman–Crippen LogP) is 3.67. The maximum Gasteiger partial charge on any atom is 0.183 e. The lowest BCUT2D eigenvalue weighted by atomic mass is 10.2. The fraction of sp³-hybridized carbons (Fsp3) is 1.00. The molecule has 0 aliphatic carbocycles. The van der Waals surface area contributed by atoms with Gasteiger partial charge in [0.15, 0.2) is 8.32 Å². The molecule has 18 heavy (non-hydrogen) atoms. The minimum Gasteiger partial charge on any atom is -0.415 e. The Bertz CT molecular complexity index is 174. The largest absolute Gasteiger partial charge is 0.415 e. The van der Waals surface area contributed by atoms with Crippen LogP contribution in [0, 0.1) is 0 Å². The third kappa shape index (κ3) is 16.4. The van der Waals surface area contributed by atoms with Crippen LogP contribution in [0.15, 0.2) is 0 Å². The summed E-state index contributed by atoms with van der Waals surface area (Å²) in [6, 6.07) is 0. The SMILES string of the molecule is C[Si](C)(C)OCCOCCOCCCCCCCl. The lowest BCUT2D eigenvalue weighted by Gasteiger charge is -2.16. The van der Waals surface area contributed by atoms with Gasteiger partial charge in [-0.15, -0.1) is 11.6 Å². The van der Waals surface area contributed by atoms with E-state index in [1.807, 2.05) is 0 Å². The molecule has 0 aromatic rings. The Balaban J connectivity index is 2.99. The van der Waals surface area contributed by atoms with Crippen LogP contribution in [-0.4, -0.2) is 47.2 Å². The van der Waals surface area contributed by atoms with E-state index in [1.54, 1.807) is 0 Å². The van der Waals surface area contributed by atoms with Gasteiger partial charge in [-0.1, -0.05) is 12.8 Å². The molecule has 0 N–H and O–H groups in total. The summed E-state index contributed by atoms with van der Waals surface area (Å²) in [6.45, 7) is 10.1. The summed E-state index contributed by atoms with van der Waals surface area (Å²) in [6.07, 6.45) is 4.65. The van der Waals surface area contributed by atoms with Crippen molar-refractivity contribution in [1.29, 1.82) is 0 Å². The van der Waals surface area contributed by atoms with Gasteiger partial charge in [0.05, 0.1) is 26.4 Å². The minimum absolute atomic E-state index is 0.663. The first-order valence-corrected chi connectivity index (χ1v) is 10.9. The van der Waals surface area contributed by atoms with E-state index >= 15 is 0 Å². The summed E-state index contributed by atoms with van der Waals surface area (Å²) < 4.78 is 16.6. The van der Waals surface area contributed by atoms with Crippen LogP contribution in [-0.2, 0) is 13.9 Å². The summed E-state index contributed by atoms with van der Waals surface area (Å²) in [5, 5.41) is 0. The molecule has 0 heterocycles. The molecule has 0 saturated heterocycles. The molecule has 0 amide bonds. The molecule has 0 aliphatic heterocycles. The zero-order valence-electron chi connectivity index (χ0n) is 12.2. The van der Waals surface area contributed by atoms with Gasteiger partial charge in [0, 0.05) is 12.5 Å². The lowest BCUT2D eigenvalue weighted by Crippen LogP contribution is -2.27. The van der Waals surface area contributed by atoms with Gasteiger partial charge in [0.2, 0.25) is 0 Å². The molecule has 0 fully saturated rings. The van der Waals surface area contributed by atoms with Gasteiger partial charge in [-0.2, -0.15) is 0 Å². The first kappa shape index (κ1) is 18.4. The van der Waals surface area contributed by atoms with E-state index in [1.165, 1.54) is 12.8 Å². The van der Waals surface area contributed by atoms with Crippen LogP contribution < -0.4 is 0 Å². The van der Waals surface area contributed by atoms with Crippen LogP contribution >= 0.6 is 11.6 Å². The summed E-state index contributed by atoms with van der Waals surface area (Å²) in [5.74, 6) is 0.772. The van der Waals surface area contributed by atoms with Crippen molar-refractivity contribution in [1.82, 2.24) is 0 Å². The number of halogens is 1. The van der Waals surface area contributed by atoms with Gasteiger partial charge >= 0.3 is 0 Å².